The first-order chi connectivity index (χ1) is 10.6. The van der Waals surface area contributed by atoms with Crippen LogP contribution in [0, 0.1) is 0 Å². The molecule has 0 saturated heterocycles. The number of nitrogens with zero attached hydrogens (tertiary/aromatic N) is 3. The van der Waals surface area contributed by atoms with Crippen LogP contribution in [0.2, 0.25) is 5.02 Å². The van der Waals surface area contributed by atoms with Gasteiger partial charge in [0.25, 0.3) is 11.8 Å². The second-order valence-corrected chi connectivity index (χ2v) is 5.30. The zero-order chi connectivity index (χ0) is 15.7. The SMILES string of the molecule is COc1ncc(C2COc3cc(Cl)ccc3N2C)nc1OC. The van der Waals surface area contributed by atoms with Crippen molar-refractivity contribution in [2.24, 2.45) is 0 Å². The summed E-state index contributed by atoms with van der Waals surface area (Å²) in [5.74, 6) is 1.48. The van der Waals surface area contributed by atoms with Crippen molar-refractivity contribution in [3.05, 3.63) is 35.1 Å². The van der Waals surface area contributed by atoms with Crippen LogP contribution >= 0.6 is 11.6 Å². The second kappa shape index (κ2) is 5.88. The van der Waals surface area contributed by atoms with E-state index in [4.69, 9.17) is 25.8 Å². The molecule has 7 heteroatoms. The number of hydrogen-bond acceptors (Lipinski definition) is 6. The summed E-state index contributed by atoms with van der Waals surface area (Å²) in [6.07, 6.45) is 1.67. The van der Waals surface area contributed by atoms with E-state index in [9.17, 15) is 0 Å². The van der Waals surface area contributed by atoms with E-state index in [2.05, 4.69) is 14.9 Å². The van der Waals surface area contributed by atoms with Crippen molar-refractivity contribution in [1.82, 2.24) is 9.97 Å². The van der Waals surface area contributed by atoms with Gasteiger partial charge in [-0.15, -0.1) is 0 Å². The molecule has 1 aliphatic heterocycles. The molecule has 6 nitrogen and oxygen atoms in total. The molecule has 1 atom stereocenters. The molecule has 116 valence electrons. The first kappa shape index (κ1) is 14.7. The van der Waals surface area contributed by atoms with Gasteiger partial charge in [-0.05, 0) is 12.1 Å². The largest absolute Gasteiger partial charge is 0.489 e. The van der Waals surface area contributed by atoms with Crippen LogP contribution in [0.5, 0.6) is 17.5 Å². The Hall–Kier alpha value is -2.21. The van der Waals surface area contributed by atoms with Gasteiger partial charge >= 0.3 is 0 Å². The van der Waals surface area contributed by atoms with Crippen LogP contribution in [0.4, 0.5) is 5.69 Å². The minimum atomic E-state index is -0.0685. The molecule has 0 amide bonds. The Morgan fingerprint density at radius 1 is 1.27 bits per heavy atom. The number of ether oxygens (including phenoxy) is 3. The molecule has 1 aromatic carbocycles. The second-order valence-electron chi connectivity index (χ2n) is 4.86. The van der Waals surface area contributed by atoms with Crippen LogP contribution in [-0.4, -0.2) is 37.8 Å². The normalized spacial score (nSPS) is 16.7. The number of rotatable bonds is 3. The van der Waals surface area contributed by atoms with E-state index in [-0.39, 0.29) is 6.04 Å². The number of methoxy groups -OCH3 is 2. The monoisotopic (exact) mass is 321 g/mol. The molecule has 1 aliphatic rings. The van der Waals surface area contributed by atoms with Gasteiger partial charge in [0.15, 0.2) is 0 Å². The smallest absolute Gasteiger partial charge is 0.278 e. The van der Waals surface area contributed by atoms with Gasteiger partial charge in [0, 0.05) is 18.1 Å². The fourth-order valence-corrected chi connectivity index (χ4v) is 2.60. The van der Waals surface area contributed by atoms with Gasteiger partial charge in [0.1, 0.15) is 18.4 Å². The lowest BCUT2D eigenvalue weighted by Crippen LogP contribution is -2.34. The fraction of sp³-hybridized carbons (Fsp3) is 0.333. The van der Waals surface area contributed by atoms with Crippen molar-refractivity contribution in [1.29, 1.82) is 0 Å². The lowest BCUT2D eigenvalue weighted by Gasteiger charge is -2.35. The van der Waals surface area contributed by atoms with Gasteiger partial charge in [-0.2, -0.15) is 0 Å². The Morgan fingerprint density at radius 2 is 2.05 bits per heavy atom. The zero-order valence-corrected chi connectivity index (χ0v) is 13.3. The van der Waals surface area contributed by atoms with E-state index in [1.807, 2.05) is 25.2 Å². The zero-order valence-electron chi connectivity index (χ0n) is 12.5. The molecule has 22 heavy (non-hydrogen) atoms. The Balaban J connectivity index is 1.95. The first-order valence-electron chi connectivity index (χ1n) is 6.74. The predicted octanol–water partition coefficient (Wildman–Crippen LogP) is 2.72. The highest BCUT2D eigenvalue weighted by molar-refractivity contribution is 6.30. The lowest BCUT2D eigenvalue weighted by atomic mass is 10.1. The minimum absolute atomic E-state index is 0.0685. The van der Waals surface area contributed by atoms with Crippen LogP contribution in [-0.2, 0) is 0 Å². The quantitative estimate of drug-likeness (QED) is 0.866. The number of halogens is 1. The molecule has 0 spiro atoms. The highest BCUT2D eigenvalue weighted by Crippen LogP contribution is 2.39. The topological polar surface area (TPSA) is 56.7 Å². The summed E-state index contributed by atoms with van der Waals surface area (Å²) >= 11 is 6.00. The first-order valence-corrected chi connectivity index (χ1v) is 7.12. The lowest BCUT2D eigenvalue weighted by molar-refractivity contribution is 0.263. The van der Waals surface area contributed by atoms with E-state index in [1.165, 1.54) is 14.2 Å². The molecular formula is C15H16ClN3O3. The maximum Gasteiger partial charge on any atom is 0.278 e. The number of hydrogen-bond donors (Lipinski definition) is 0. The molecule has 0 bridgehead atoms. The molecule has 0 fully saturated rings. The Labute approximate surface area is 133 Å². The van der Waals surface area contributed by atoms with Crippen molar-refractivity contribution < 1.29 is 14.2 Å². The van der Waals surface area contributed by atoms with Gasteiger partial charge in [-0.25, -0.2) is 9.97 Å². The fourth-order valence-electron chi connectivity index (χ4n) is 2.43. The van der Waals surface area contributed by atoms with E-state index in [1.54, 1.807) is 6.20 Å². The number of aromatic nitrogens is 2. The molecule has 0 N–H and O–H groups in total. The van der Waals surface area contributed by atoms with Crippen molar-refractivity contribution in [3.63, 3.8) is 0 Å². The van der Waals surface area contributed by atoms with Crippen molar-refractivity contribution in [2.45, 2.75) is 6.04 Å². The van der Waals surface area contributed by atoms with Gasteiger partial charge < -0.3 is 19.1 Å². The molecule has 0 radical (unpaired) electrons. The summed E-state index contributed by atoms with van der Waals surface area (Å²) in [7, 11) is 5.05. The number of likely N-dealkylation sites (N-methyl/N-ethyl adjacent to an activating group) is 1. The van der Waals surface area contributed by atoms with E-state index in [0.29, 0.717) is 23.4 Å². The van der Waals surface area contributed by atoms with Gasteiger partial charge in [-0.1, -0.05) is 11.6 Å². The van der Waals surface area contributed by atoms with Crippen molar-refractivity contribution in [3.8, 4) is 17.5 Å². The summed E-state index contributed by atoms with van der Waals surface area (Å²) in [5.41, 5.74) is 1.71. The third kappa shape index (κ3) is 2.50. The minimum Gasteiger partial charge on any atom is -0.489 e. The molecule has 2 heterocycles. The Morgan fingerprint density at radius 3 is 2.77 bits per heavy atom. The maximum absolute atomic E-state index is 6.00. The number of fused-ring (bicyclic) bond motifs is 1. The molecule has 1 aromatic heterocycles. The summed E-state index contributed by atoms with van der Waals surface area (Å²) in [6, 6.07) is 5.51. The van der Waals surface area contributed by atoms with Crippen LogP contribution in [0.3, 0.4) is 0 Å². The van der Waals surface area contributed by atoms with E-state index >= 15 is 0 Å². The van der Waals surface area contributed by atoms with Crippen molar-refractivity contribution in [2.75, 3.05) is 32.8 Å². The molecule has 0 aliphatic carbocycles. The molecule has 0 saturated carbocycles. The molecule has 1 unspecified atom stereocenters. The van der Waals surface area contributed by atoms with E-state index in [0.717, 1.165) is 17.1 Å². The van der Waals surface area contributed by atoms with Gasteiger partial charge in [-0.3, -0.25) is 0 Å². The Bertz CT molecular complexity index is 696. The summed E-state index contributed by atoms with van der Waals surface area (Å²) in [4.78, 5) is 10.8. The van der Waals surface area contributed by atoms with Crippen LogP contribution < -0.4 is 19.1 Å². The summed E-state index contributed by atoms with van der Waals surface area (Å²) < 4.78 is 16.1. The van der Waals surface area contributed by atoms with Gasteiger partial charge in [0.05, 0.1) is 31.8 Å². The standard InChI is InChI=1S/C15H16ClN3O3/c1-19-11-5-4-9(16)6-13(11)22-8-12(19)10-7-17-14(20-2)15(18-10)21-3/h4-7,12H,8H2,1-3H3. The van der Waals surface area contributed by atoms with Crippen LogP contribution in [0.1, 0.15) is 11.7 Å². The third-order valence-electron chi connectivity index (χ3n) is 3.62. The molecule has 3 rings (SSSR count). The third-order valence-corrected chi connectivity index (χ3v) is 3.86. The highest BCUT2D eigenvalue weighted by atomic mass is 35.5. The highest BCUT2D eigenvalue weighted by Gasteiger charge is 2.28. The van der Waals surface area contributed by atoms with Gasteiger partial charge in [0.2, 0.25) is 0 Å². The van der Waals surface area contributed by atoms with E-state index < -0.39 is 0 Å². The predicted molar refractivity (Wildman–Crippen MR) is 83.2 cm³/mol. The number of anilines is 1. The number of benzene rings is 1. The van der Waals surface area contributed by atoms with Crippen LogP contribution in [0.25, 0.3) is 0 Å². The van der Waals surface area contributed by atoms with Crippen LogP contribution in [0.15, 0.2) is 24.4 Å². The summed E-state index contributed by atoms with van der Waals surface area (Å²) in [6.45, 7) is 0.452. The Kier molecular flexibility index (Phi) is 3.94. The molecular weight excluding hydrogens is 306 g/mol. The van der Waals surface area contributed by atoms with Crippen molar-refractivity contribution >= 4 is 17.3 Å². The average molecular weight is 322 g/mol. The average Bonchev–Trinajstić information content (AvgIpc) is 2.54. The maximum atomic E-state index is 6.00. The summed E-state index contributed by atoms with van der Waals surface area (Å²) in [5, 5.41) is 0.650. The molecule has 2 aromatic rings.